The zero-order valence-corrected chi connectivity index (χ0v) is 11.2. The molecule has 0 radical (unpaired) electrons. The molecule has 4 heteroatoms. The molecule has 0 heterocycles. The van der Waals surface area contributed by atoms with Crippen LogP contribution in [-0.2, 0) is 9.59 Å². The minimum absolute atomic E-state index is 0.0412. The van der Waals surface area contributed by atoms with Crippen LogP contribution in [0.5, 0.6) is 0 Å². The third-order valence-corrected chi connectivity index (χ3v) is 4.77. The summed E-state index contributed by atoms with van der Waals surface area (Å²) in [6, 6.07) is 0. The summed E-state index contributed by atoms with van der Waals surface area (Å²) in [6.07, 6.45) is 5.53. The second-order valence-electron chi connectivity index (χ2n) is 6.20. The first-order chi connectivity index (χ1) is 8.45. The van der Waals surface area contributed by atoms with E-state index < -0.39 is 11.9 Å². The molecule has 2 aliphatic carbocycles. The Labute approximate surface area is 108 Å². The average Bonchev–Trinajstić information content (AvgIpc) is 2.71. The van der Waals surface area contributed by atoms with Gasteiger partial charge in [0.05, 0.1) is 11.8 Å². The molecule has 2 aliphatic rings. The maximum Gasteiger partial charge on any atom is 0.307 e. The molecule has 3 atom stereocenters. The fraction of sp³-hybridized carbons (Fsp3) is 0.857. The molecule has 0 aromatic carbocycles. The van der Waals surface area contributed by atoms with Gasteiger partial charge in [0.25, 0.3) is 0 Å². The van der Waals surface area contributed by atoms with Crippen LogP contribution in [0.15, 0.2) is 0 Å². The van der Waals surface area contributed by atoms with Gasteiger partial charge in [0.1, 0.15) is 0 Å². The molecular weight excluding hydrogens is 230 g/mol. The Kier molecular flexibility index (Phi) is 3.64. The first-order valence-corrected chi connectivity index (χ1v) is 7.00. The average molecular weight is 253 g/mol. The molecular formula is C14H23NO3. The van der Waals surface area contributed by atoms with E-state index in [1.807, 2.05) is 0 Å². The normalized spacial score (nSPS) is 33.8. The lowest BCUT2D eigenvalue weighted by Gasteiger charge is -2.40. The van der Waals surface area contributed by atoms with Crippen molar-refractivity contribution >= 4 is 11.9 Å². The van der Waals surface area contributed by atoms with Crippen LogP contribution in [0.3, 0.4) is 0 Å². The summed E-state index contributed by atoms with van der Waals surface area (Å²) in [5, 5.41) is 12.3. The topological polar surface area (TPSA) is 66.4 Å². The van der Waals surface area contributed by atoms with Crippen molar-refractivity contribution in [1.82, 2.24) is 5.32 Å². The highest BCUT2D eigenvalue weighted by Gasteiger charge is 2.44. The molecule has 2 N–H and O–H groups in total. The van der Waals surface area contributed by atoms with Crippen molar-refractivity contribution in [1.29, 1.82) is 0 Å². The summed E-state index contributed by atoms with van der Waals surface area (Å²) in [5.41, 5.74) is -0.0789. The van der Waals surface area contributed by atoms with Crippen molar-refractivity contribution in [3.8, 4) is 0 Å². The van der Waals surface area contributed by atoms with Crippen LogP contribution < -0.4 is 5.32 Å². The van der Waals surface area contributed by atoms with E-state index in [9.17, 15) is 14.7 Å². The van der Waals surface area contributed by atoms with Crippen LogP contribution in [0.4, 0.5) is 0 Å². The number of carboxylic acids is 1. The summed E-state index contributed by atoms with van der Waals surface area (Å²) in [5.74, 6) is -1.29. The van der Waals surface area contributed by atoms with E-state index in [-0.39, 0.29) is 17.4 Å². The van der Waals surface area contributed by atoms with Crippen molar-refractivity contribution < 1.29 is 14.7 Å². The second kappa shape index (κ2) is 4.90. The molecule has 0 saturated heterocycles. The number of amides is 1. The van der Waals surface area contributed by atoms with Gasteiger partial charge >= 0.3 is 5.97 Å². The first kappa shape index (κ1) is 13.4. The number of nitrogens with one attached hydrogen (secondary N) is 1. The van der Waals surface area contributed by atoms with Crippen molar-refractivity contribution in [2.75, 3.05) is 0 Å². The number of carbonyl (C=O) groups excluding carboxylic acids is 1. The Hall–Kier alpha value is -1.06. The summed E-state index contributed by atoms with van der Waals surface area (Å²) in [6.45, 7) is 4.12. The van der Waals surface area contributed by atoms with Crippen LogP contribution in [-0.4, -0.2) is 22.5 Å². The Balaban J connectivity index is 2.01. The highest BCUT2D eigenvalue weighted by atomic mass is 16.4. The molecule has 18 heavy (non-hydrogen) atoms. The first-order valence-electron chi connectivity index (χ1n) is 7.00. The van der Waals surface area contributed by atoms with E-state index in [1.54, 1.807) is 0 Å². The Bertz CT molecular complexity index is 349. The molecule has 0 bridgehead atoms. The molecule has 102 valence electrons. The molecule has 3 unspecified atom stereocenters. The van der Waals surface area contributed by atoms with Crippen molar-refractivity contribution in [3.63, 3.8) is 0 Å². The van der Waals surface area contributed by atoms with Gasteiger partial charge in [0.15, 0.2) is 0 Å². The van der Waals surface area contributed by atoms with E-state index in [0.29, 0.717) is 12.3 Å². The van der Waals surface area contributed by atoms with Gasteiger partial charge in [0, 0.05) is 5.54 Å². The number of aliphatic carboxylic acids is 1. The second-order valence-corrected chi connectivity index (χ2v) is 6.20. The van der Waals surface area contributed by atoms with Crippen LogP contribution in [0, 0.1) is 17.8 Å². The summed E-state index contributed by atoms with van der Waals surface area (Å²) < 4.78 is 0. The van der Waals surface area contributed by atoms with Gasteiger partial charge in [-0.2, -0.15) is 0 Å². The molecule has 2 fully saturated rings. The maximum atomic E-state index is 12.3. The largest absolute Gasteiger partial charge is 0.481 e. The van der Waals surface area contributed by atoms with E-state index in [0.717, 1.165) is 32.1 Å². The van der Waals surface area contributed by atoms with E-state index in [4.69, 9.17) is 0 Å². The van der Waals surface area contributed by atoms with Gasteiger partial charge in [-0.3, -0.25) is 9.59 Å². The predicted molar refractivity (Wildman–Crippen MR) is 68.0 cm³/mol. The Morgan fingerprint density at radius 1 is 1.28 bits per heavy atom. The number of hydrogen-bond donors (Lipinski definition) is 2. The summed E-state index contributed by atoms with van der Waals surface area (Å²) in [4.78, 5) is 23.5. The number of rotatable bonds is 4. The lowest BCUT2D eigenvalue weighted by molar-refractivity contribution is -0.146. The minimum atomic E-state index is -0.815. The van der Waals surface area contributed by atoms with Gasteiger partial charge in [-0.25, -0.2) is 0 Å². The molecule has 2 saturated carbocycles. The highest BCUT2D eigenvalue weighted by Crippen LogP contribution is 2.40. The number of carboxylic acid groups (broad SMARTS) is 1. The zero-order chi connectivity index (χ0) is 13.3. The molecule has 0 aromatic rings. The van der Waals surface area contributed by atoms with Crippen molar-refractivity contribution in [2.24, 2.45) is 17.8 Å². The highest BCUT2D eigenvalue weighted by molar-refractivity contribution is 5.85. The zero-order valence-electron chi connectivity index (χ0n) is 11.2. The van der Waals surface area contributed by atoms with Crippen molar-refractivity contribution in [2.45, 2.75) is 57.9 Å². The summed E-state index contributed by atoms with van der Waals surface area (Å²) in [7, 11) is 0. The van der Waals surface area contributed by atoms with E-state index in [2.05, 4.69) is 19.2 Å². The van der Waals surface area contributed by atoms with Gasteiger partial charge in [-0.05, 0) is 44.9 Å². The summed E-state index contributed by atoms with van der Waals surface area (Å²) >= 11 is 0. The van der Waals surface area contributed by atoms with Gasteiger partial charge in [0.2, 0.25) is 5.91 Å². The number of hydrogen-bond acceptors (Lipinski definition) is 2. The fourth-order valence-electron chi connectivity index (χ4n) is 3.26. The molecule has 1 amide bonds. The predicted octanol–water partition coefficient (Wildman–Crippen LogP) is 2.18. The number of carbonyl (C=O) groups is 2. The van der Waals surface area contributed by atoms with Gasteiger partial charge in [-0.1, -0.05) is 13.3 Å². The van der Waals surface area contributed by atoms with Gasteiger partial charge in [-0.15, -0.1) is 0 Å². The monoisotopic (exact) mass is 253 g/mol. The van der Waals surface area contributed by atoms with Crippen LogP contribution in [0.25, 0.3) is 0 Å². The lowest BCUT2D eigenvalue weighted by atomic mass is 9.78. The Morgan fingerprint density at radius 3 is 2.33 bits per heavy atom. The smallest absolute Gasteiger partial charge is 0.307 e. The quantitative estimate of drug-likeness (QED) is 0.807. The van der Waals surface area contributed by atoms with Gasteiger partial charge < -0.3 is 10.4 Å². The minimum Gasteiger partial charge on any atom is -0.481 e. The van der Waals surface area contributed by atoms with E-state index in [1.165, 1.54) is 0 Å². The van der Waals surface area contributed by atoms with E-state index >= 15 is 0 Å². The maximum absolute atomic E-state index is 12.3. The molecule has 0 aliphatic heterocycles. The fourth-order valence-corrected chi connectivity index (χ4v) is 3.26. The van der Waals surface area contributed by atoms with Crippen molar-refractivity contribution in [3.05, 3.63) is 0 Å². The van der Waals surface area contributed by atoms with Crippen LogP contribution >= 0.6 is 0 Å². The third-order valence-electron chi connectivity index (χ3n) is 4.77. The Morgan fingerprint density at radius 2 is 1.89 bits per heavy atom. The molecule has 4 nitrogen and oxygen atoms in total. The molecule has 0 aromatic heterocycles. The molecule has 2 rings (SSSR count). The lowest BCUT2D eigenvalue weighted by Crippen LogP contribution is -2.53. The van der Waals surface area contributed by atoms with Crippen LogP contribution in [0.1, 0.15) is 52.4 Å². The molecule has 0 spiro atoms. The third kappa shape index (κ3) is 2.52. The van der Waals surface area contributed by atoms with Crippen LogP contribution in [0.2, 0.25) is 0 Å². The standard InChI is InChI=1S/C14H23NO3/c1-3-9-7-10(11(8-9)13(17)18)12(16)15-14(2)5-4-6-14/h9-11H,3-8H2,1-2H3,(H,15,16)(H,17,18). The SMILES string of the molecule is CCC1CC(C(=O)O)C(C(=O)NC2(C)CCC2)C1.